The lowest BCUT2D eigenvalue weighted by atomic mass is 10.2. The molecule has 1 aromatic heterocycles. The molecule has 21 heavy (non-hydrogen) atoms. The standard InChI is InChI=1S/C16H13F2NOS/c17-16(18)21-14-9-19-12-7-4-8-13(15(12)14)20-10-11-5-2-1-3-6-11/h1-9,16,19H,10H2. The summed E-state index contributed by atoms with van der Waals surface area (Å²) in [5.74, 6) is -1.84. The molecule has 3 rings (SSSR count). The van der Waals surface area contributed by atoms with Gasteiger partial charge in [-0.2, -0.15) is 8.78 Å². The number of benzene rings is 2. The molecule has 0 saturated heterocycles. The van der Waals surface area contributed by atoms with E-state index in [-0.39, 0.29) is 0 Å². The molecule has 0 aliphatic carbocycles. The van der Waals surface area contributed by atoms with E-state index >= 15 is 0 Å². The van der Waals surface area contributed by atoms with Gasteiger partial charge in [0.1, 0.15) is 12.4 Å². The predicted molar refractivity (Wildman–Crippen MR) is 80.9 cm³/mol. The zero-order valence-corrected chi connectivity index (χ0v) is 11.9. The van der Waals surface area contributed by atoms with Gasteiger partial charge in [0.15, 0.2) is 0 Å². The van der Waals surface area contributed by atoms with Gasteiger partial charge in [0, 0.05) is 11.1 Å². The second-order valence-corrected chi connectivity index (χ2v) is 5.52. The molecular weight excluding hydrogens is 292 g/mol. The Hall–Kier alpha value is -2.01. The van der Waals surface area contributed by atoms with Crippen molar-refractivity contribution in [3.05, 3.63) is 60.3 Å². The minimum absolute atomic E-state index is 0.407. The number of fused-ring (bicyclic) bond motifs is 1. The highest BCUT2D eigenvalue weighted by Gasteiger charge is 2.14. The number of ether oxygens (including phenoxy) is 1. The highest BCUT2D eigenvalue weighted by molar-refractivity contribution is 7.99. The largest absolute Gasteiger partial charge is 0.488 e. The van der Waals surface area contributed by atoms with Crippen LogP contribution in [0.5, 0.6) is 5.75 Å². The van der Waals surface area contributed by atoms with E-state index in [0.717, 1.165) is 11.1 Å². The molecule has 3 aromatic rings. The third kappa shape index (κ3) is 3.19. The van der Waals surface area contributed by atoms with E-state index in [1.165, 1.54) is 0 Å². The Kier molecular flexibility index (Phi) is 4.10. The van der Waals surface area contributed by atoms with Crippen molar-refractivity contribution in [2.75, 3.05) is 0 Å². The van der Waals surface area contributed by atoms with Crippen molar-refractivity contribution < 1.29 is 13.5 Å². The van der Waals surface area contributed by atoms with Gasteiger partial charge >= 0.3 is 0 Å². The lowest BCUT2D eigenvalue weighted by Gasteiger charge is -2.09. The Morgan fingerprint density at radius 2 is 1.86 bits per heavy atom. The maximum absolute atomic E-state index is 12.6. The number of aromatic amines is 1. The number of H-pyrrole nitrogens is 1. The summed E-state index contributed by atoms with van der Waals surface area (Å²) in [5.41, 5.74) is 1.83. The maximum Gasteiger partial charge on any atom is 0.288 e. The quantitative estimate of drug-likeness (QED) is 0.666. The molecule has 0 saturated carbocycles. The van der Waals surface area contributed by atoms with Crippen LogP contribution in [0.15, 0.2) is 59.6 Å². The fraction of sp³-hybridized carbons (Fsp3) is 0.125. The van der Waals surface area contributed by atoms with Gasteiger partial charge in [0.25, 0.3) is 5.76 Å². The van der Waals surface area contributed by atoms with Crippen LogP contribution in [0.1, 0.15) is 5.56 Å². The van der Waals surface area contributed by atoms with Crippen LogP contribution >= 0.6 is 11.8 Å². The zero-order chi connectivity index (χ0) is 14.7. The van der Waals surface area contributed by atoms with Crippen LogP contribution in [0.3, 0.4) is 0 Å². The number of halogens is 2. The molecule has 0 fully saturated rings. The van der Waals surface area contributed by atoms with Crippen LogP contribution < -0.4 is 4.74 Å². The number of hydrogen-bond donors (Lipinski definition) is 1. The Bertz CT molecular complexity index is 727. The number of nitrogens with one attached hydrogen (secondary N) is 1. The maximum atomic E-state index is 12.6. The third-order valence-electron chi connectivity index (χ3n) is 3.08. The van der Waals surface area contributed by atoms with E-state index in [2.05, 4.69) is 4.98 Å². The van der Waals surface area contributed by atoms with Gasteiger partial charge in [0.05, 0.1) is 10.9 Å². The summed E-state index contributed by atoms with van der Waals surface area (Å²) >= 11 is 0.526. The van der Waals surface area contributed by atoms with E-state index in [0.29, 0.717) is 34.4 Å². The number of thioether (sulfide) groups is 1. The van der Waals surface area contributed by atoms with E-state index in [9.17, 15) is 8.78 Å². The Morgan fingerprint density at radius 1 is 1.05 bits per heavy atom. The molecule has 0 bridgehead atoms. The average molecular weight is 305 g/mol. The molecule has 0 atom stereocenters. The number of aromatic nitrogens is 1. The van der Waals surface area contributed by atoms with Gasteiger partial charge in [-0.1, -0.05) is 48.2 Å². The first-order chi connectivity index (χ1) is 10.2. The summed E-state index contributed by atoms with van der Waals surface area (Å²) in [6, 6.07) is 15.2. The Balaban J connectivity index is 1.89. The van der Waals surface area contributed by atoms with Crippen molar-refractivity contribution in [3.63, 3.8) is 0 Å². The third-order valence-corrected chi connectivity index (χ3v) is 3.84. The summed E-state index contributed by atoms with van der Waals surface area (Å²) in [7, 11) is 0. The molecule has 0 radical (unpaired) electrons. The molecule has 0 unspecified atom stereocenters. The predicted octanol–water partition coefficient (Wildman–Crippen LogP) is 5.06. The first kappa shape index (κ1) is 13.9. The SMILES string of the molecule is FC(F)Sc1c[nH]c2cccc(OCc3ccccc3)c12. The highest BCUT2D eigenvalue weighted by Crippen LogP contribution is 2.37. The molecule has 2 nitrogen and oxygen atoms in total. The van der Waals surface area contributed by atoms with Crippen molar-refractivity contribution >= 4 is 22.7 Å². The molecular formula is C16H13F2NOS. The summed E-state index contributed by atoms with van der Waals surface area (Å²) < 4.78 is 31.0. The topological polar surface area (TPSA) is 25.0 Å². The molecule has 0 spiro atoms. The van der Waals surface area contributed by atoms with Crippen LogP contribution in [0.4, 0.5) is 8.78 Å². The summed E-state index contributed by atoms with van der Waals surface area (Å²) in [6.07, 6.45) is 1.59. The normalized spacial score (nSPS) is 11.2. The van der Waals surface area contributed by atoms with Crippen LogP contribution in [0.25, 0.3) is 10.9 Å². The molecule has 5 heteroatoms. The van der Waals surface area contributed by atoms with Crippen molar-refractivity contribution in [2.24, 2.45) is 0 Å². The molecule has 0 aliphatic rings. The van der Waals surface area contributed by atoms with Crippen LogP contribution in [-0.2, 0) is 6.61 Å². The van der Waals surface area contributed by atoms with E-state index in [4.69, 9.17) is 4.74 Å². The van der Waals surface area contributed by atoms with E-state index in [1.807, 2.05) is 42.5 Å². The average Bonchev–Trinajstić information content (AvgIpc) is 2.89. The van der Waals surface area contributed by atoms with Crippen molar-refractivity contribution in [3.8, 4) is 5.75 Å². The first-order valence-corrected chi connectivity index (χ1v) is 7.33. The lowest BCUT2D eigenvalue weighted by Crippen LogP contribution is -1.95. The van der Waals surface area contributed by atoms with Gasteiger partial charge in [0.2, 0.25) is 0 Å². The smallest absolute Gasteiger partial charge is 0.288 e. The van der Waals surface area contributed by atoms with Gasteiger partial charge < -0.3 is 9.72 Å². The highest BCUT2D eigenvalue weighted by atomic mass is 32.2. The summed E-state index contributed by atoms with van der Waals surface area (Å²) in [5, 5.41) is 0.707. The Morgan fingerprint density at radius 3 is 2.62 bits per heavy atom. The molecule has 1 heterocycles. The van der Waals surface area contributed by atoms with Crippen LogP contribution in [0.2, 0.25) is 0 Å². The first-order valence-electron chi connectivity index (χ1n) is 6.45. The van der Waals surface area contributed by atoms with Crippen molar-refractivity contribution in [2.45, 2.75) is 17.3 Å². The van der Waals surface area contributed by atoms with Crippen molar-refractivity contribution in [1.29, 1.82) is 0 Å². The summed E-state index contributed by atoms with van der Waals surface area (Å²) in [6.45, 7) is 0.407. The second kappa shape index (κ2) is 6.18. The molecule has 1 N–H and O–H groups in total. The van der Waals surface area contributed by atoms with Crippen LogP contribution in [0, 0.1) is 0 Å². The van der Waals surface area contributed by atoms with Crippen LogP contribution in [-0.4, -0.2) is 10.7 Å². The van der Waals surface area contributed by atoms with Gasteiger partial charge in [-0.3, -0.25) is 0 Å². The number of hydrogen-bond acceptors (Lipinski definition) is 2. The Labute approximate surface area is 125 Å². The monoisotopic (exact) mass is 305 g/mol. The van der Waals surface area contributed by atoms with E-state index < -0.39 is 5.76 Å². The minimum atomic E-state index is -2.45. The fourth-order valence-corrected chi connectivity index (χ4v) is 2.81. The fourth-order valence-electron chi connectivity index (χ4n) is 2.17. The molecule has 0 amide bonds. The number of alkyl halides is 2. The molecule has 2 aromatic carbocycles. The van der Waals surface area contributed by atoms with Gasteiger partial charge in [-0.05, 0) is 17.7 Å². The van der Waals surface area contributed by atoms with E-state index in [1.54, 1.807) is 12.3 Å². The van der Waals surface area contributed by atoms with Gasteiger partial charge in [-0.25, -0.2) is 0 Å². The molecule has 108 valence electrons. The van der Waals surface area contributed by atoms with Crippen molar-refractivity contribution in [1.82, 2.24) is 4.98 Å². The minimum Gasteiger partial charge on any atom is -0.488 e. The number of rotatable bonds is 5. The lowest BCUT2D eigenvalue weighted by molar-refractivity contribution is 0.252. The second-order valence-electron chi connectivity index (χ2n) is 4.48. The zero-order valence-electron chi connectivity index (χ0n) is 11.1. The molecule has 0 aliphatic heterocycles. The van der Waals surface area contributed by atoms with Gasteiger partial charge in [-0.15, -0.1) is 0 Å². The summed E-state index contributed by atoms with van der Waals surface area (Å²) in [4.78, 5) is 3.50.